The van der Waals surface area contributed by atoms with Crippen molar-refractivity contribution < 1.29 is 9.59 Å². The molecule has 0 N–H and O–H groups in total. The highest BCUT2D eigenvalue weighted by atomic mass is 16.2. The highest BCUT2D eigenvalue weighted by Gasteiger charge is 2.17. The zero-order chi connectivity index (χ0) is 12.3. The molecule has 1 aromatic heterocycles. The number of ketones is 1. The standard InChI is InChI=1S/C13H18N2O2/c1-11(16)12-6-5-9-15(12)10-13(17)14-7-3-2-4-8-14/h5-6,9H,2-4,7-8,10H2,1H3. The zero-order valence-electron chi connectivity index (χ0n) is 10.2. The molecule has 1 aliphatic heterocycles. The Hall–Kier alpha value is -1.58. The van der Waals surface area contributed by atoms with Gasteiger partial charge in [-0.3, -0.25) is 9.59 Å². The maximum Gasteiger partial charge on any atom is 0.242 e. The van der Waals surface area contributed by atoms with Gasteiger partial charge in [-0.05, 0) is 31.4 Å². The minimum Gasteiger partial charge on any atom is -0.341 e. The van der Waals surface area contributed by atoms with Crippen molar-refractivity contribution in [2.24, 2.45) is 0 Å². The first-order valence-corrected chi connectivity index (χ1v) is 6.12. The molecule has 0 bridgehead atoms. The molecular weight excluding hydrogens is 216 g/mol. The number of hydrogen-bond donors (Lipinski definition) is 0. The second-order valence-corrected chi connectivity index (χ2v) is 4.52. The average molecular weight is 234 g/mol. The summed E-state index contributed by atoms with van der Waals surface area (Å²) in [6.45, 7) is 3.52. The second kappa shape index (κ2) is 5.17. The molecule has 2 rings (SSSR count). The van der Waals surface area contributed by atoms with E-state index in [1.807, 2.05) is 4.90 Å². The van der Waals surface area contributed by atoms with Crippen LogP contribution in [0.3, 0.4) is 0 Å². The monoisotopic (exact) mass is 234 g/mol. The number of piperidine rings is 1. The van der Waals surface area contributed by atoms with E-state index in [9.17, 15) is 9.59 Å². The molecule has 1 saturated heterocycles. The Kier molecular flexibility index (Phi) is 3.61. The van der Waals surface area contributed by atoms with Crippen LogP contribution in [-0.4, -0.2) is 34.2 Å². The molecule has 0 atom stereocenters. The number of rotatable bonds is 3. The van der Waals surface area contributed by atoms with Gasteiger partial charge in [0.15, 0.2) is 5.78 Å². The van der Waals surface area contributed by atoms with Gasteiger partial charge in [0.1, 0.15) is 6.54 Å². The van der Waals surface area contributed by atoms with Crippen molar-refractivity contribution in [1.29, 1.82) is 0 Å². The van der Waals surface area contributed by atoms with Crippen molar-refractivity contribution in [1.82, 2.24) is 9.47 Å². The Morgan fingerprint density at radius 1 is 1.24 bits per heavy atom. The van der Waals surface area contributed by atoms with Crippen LogP contribution in [0.4, 0.5) is 0 Å². The number of aromatic nitrogens is 1. The lowest BCUT2D eigenvalue weighted by molar-refractivity contribution is -0.132. The van der Waals surface area contributed by atoms with Gasteiger partial charge in [-0.1, -0.05) is 0 Å². The van der Waals surface area contributed by atoms with Crippen LogP contribution < -0.4 is 0 Å². The van der Waals surface area contributed by atoms with E-state index in [0.29, 0.717) is 5.69 Å². The van der Waals surface area contributed by atoms with Crippen LogP contribution in [0, 0.1) is 0 Å². The summed E-state index contributed by atoms with van der Waals surface area (Å²) >= 11 is 0. The lowest BCUT2D eigenvalue weighted by Crippen LogP contribution is -2.38. The van der Waals surface area contributed by atoms with Crippen LogP contribution in [0.25, 0.3) is 0 Å². The Labute approximate surface area is 101 Å². The molecule has 1 aromatic rings. The number of likely N-dealkylation sites (tertiary alicyclic amines) is 1. The van der Waals surface area contributed by atoms with E-state index < -0.39 is 0 Å². The second-order valence-electron chi connectivity index (χ2n) is 4.52. The molecule has 1 aliphatic rings. The van der Waals surface area contributed by atoms with Gasteiger partial charge in [0.2, 0.25) is 5.91 Å². The highest BCUT2D eigenvalue weighted by Crippen LogP contribution is 2.10. The molecule has 2 heterocycles. The molecule has 0 aliphatic carbocycles. The molecule has 17 heavy (non-hydrogen) atoms. The third-order valence-electron chi connectivity index (χ3n) is 3.20. The third-order valence-corrected chi connectivity index (χ3v) is 3.20. The molecule has 0 unspecified atom stereocenters. The molecule has 1 fully saturated rings. The maximum absolute atomic E-state index is 12.0. The van der Waals surface area contributed by atoms with Crippen molar-refractivity contribution in [3.8, 4) is 0 Å². The van der Waals surface area contributed by atoms with Crippen LogP contribution in [0.15, 0.2) is 18.3 Å². The Bertz CT molecular complexity index is 417. The number of nitrogens with zero attached hydrogens (tertiary/aromatic N) is 2. The molecule has 0 aromatic carbocycles. The third kappa shape index (κ3) is 2.75. The van der Waals surface area contributed by atoms with E-state index in [-0.39, 0.29) is 18.2 Å². The van der Waals surface area contributed by atoms with Gasteiger partial charge < -0.3 is 9.47 Å². The van der Waals surface area contributed by atoms with E-state index >= 15 is 0 Å². The summed E-state index contributed by atoms with van der Waals surface area (Å²) in [6, 6.07) is 3.56. The first kappa shape index (κ1) is 11.9. The smallest absolute Gasteiger partial charge is 0.242 e. The molecule has 4 nitrogen and oxygen atoms in total. The zero-order valence-corrected chi connectivity index (χ0v) is 10.2. The molecular formula is C13H18N2O2. The first-order valence-electron chi connectivity index (χ1n) is 6.12. The van der Waals surface area contributed by atoms with Crippen molar-refractivity contribution in [3.63, 3.8) is 0 Å². The predicted molar refractivity (Wildman–Crippen MR) is 64.9 cm³/mol. The van der Waals surface area contributed by atoms with Gasteiger partial charge >= 0.3 is 0 Å². The number of hydrogen-bond acceptors (Lipinski definition) is 2. The van der Waals surface area contributed by atoms with Crippen LogP contribution >= 0.6 is 0 Å². The van der Waals surface area contributed by atoms with E-state index in [2.05, 4.69) is 0 Å². The van der Waals surface area contributed by atoms with E-state index in [4.69, 9.17) is 0 Å². The van der Waals surface area contributed by atoms with Gasteiger partial charge in [0, 0.05) is 26.2 Å². The fourth-order valence-electron chi connectivity index (χ4n) is 2.26. The van der Waals surface area contributed by atoms with Crippen molar-refractivity contribution >= 4 is 11.7 Å². The van der Waals surface area contributed by atoms with Crippen LogP contribution in [0.5, 0.6) is 0 Å². The summed E-state index contributed by atoms with van der Waals surface area (Å²) in [5.41, 5.74) is 0.607. The fourth-order valence-corrected chi connectivity index (χ4v) is 2.26. The van der Waals surface area contributed by atoms with Crippen molar-refractivity contribution in [3.05, 3.63) is 24.0 Å². The average Bonchev–Trinajstić information content (AvgIpc) is 2.78. The van der Waals surface area contributed by atoms with Crippen LogP contribution in [0.1, 0.15) is 36.7 Å². The van der Waals surface area contributed by atoms with Crippen LogP contribution in [0.2, 0.25) is 0 Å². The largest absolute Gasteiger partial charge is 0.341 e. The van der Waals surface area contributed by atoms with Gasteiger partial charge in [-0.25, -0.2) is 0 Å². The minimum absolute atomic E-state index is 0.00134. The molecule has 0 spiro atoms. The first-order chi connectivity index (χ1) is 8.18. The number of carbonyl (C=O) groups excluding carboxylic acids is 2. The molecule has 4 heteroatoms. The van der Waals surface area contributed by atoms with Crippen molar-refractivity contribution in [2.75, 3.05) is 13.1 Å². The summed E-state index contributed by atoms with van der Waals surface area (Å²) in [4.78, 5) is 25.3. The maximum atomic E-state index is 12.0. The summed E-state index contributed by atoms with van der Waals surface area (Å²) in [7, 11) is 0. The summed E-state index contributed by atoms with van der Waals surface area (Å²) in [5, 5.41) is 0. The molecule has 1 amide bonds. The van der Waals surface area contributed by atoms with E-state index in [1.165, 1.54) is 13.3 Å². The lowest BCUT2D eigenvalue weighted by Gasteiger charge is -2.27. The molecule has 0 radical (unpaired) electrons. The molecule has 0 saturated carbocycles. The SMILES string of the molecule is CC(=O)c1cccn1CC(=O)N1CCCCC1. The Morgan fingerprint density at radius 3 is 2.59 bits per heavy atom. The normalized spacial score (nSPS) is 15.9. The topological polar surface area (TPSA) is 42.3 Å². The van der Waals surface area contributed by atoms with Gasteiger partial charge in [0.05, 0.1) is 5.69 Å². The highest BCUT2D eigenvalue weighted by molar-refractivity contribution is 5.93. The lowest BCUT2D eigenvalue weighted by atomic mass is 10.1. The summed E-state index contributed by atoms with van der Waals surface area (Å²) < 4.78 is 1.74. The van der Waals surface area contributed by atoms with Gasteiger partial charge in [-0.15, -0.1) is 0 Å². The number of Topliss-reactive ketones (excluding diaryl/α,β-unsaturated/α-hetero) is 1. The Morgan fingerprint density at radius 2 is 1.94 bits per heavy atom. The number of carbonyl (C=O) groups is 2. The quantitative estimate of drug-likeness (QED) is 0.747. The summed E-state index contributed by atoms with van der Waals surface area (Å²) in [5.74, 6) is 0.116. The number of amides is 1. The van der Waals surface area contributed by atoms with E-state index in [0.717, 1.165) is 25.9 Å². The molecule has 92 valence electrons. The predicted octanol–water partition coefficient (Wildman–Crippen LogP) is 1.70. The van der Waals surface area contributed by atoms with Gasteiger partial charge in [0.25, 0.3) is 0 Å². The fraction of sp³-hybridized carbons (Fsp3) is 0.538. The van der Waals surface area contributed by atoms with Gasteiger partial charge in [-0.2, -0.15) is 0 Å². The van der Waals surface area contributed by atoms with E-state index in [1.54, 1.807) is 22.9 Å². The van der Waals surface area contributed by atoms with Crippen molar-refractivity contribution in [2.45, 2.75) is 32.7 Å². The summed E-state index contributed by atoms with van der Waals surface area (Å²) in [6.07, 6.45) is 5.19. The van der Waals surface area contributed by atoms with Crippen LogP contribution in [-0.2, 0) is 11.3 Å². The minimum atomic E-state index is 0.00134. The Balaban J connectivity index is 2.02.